The number of nitrogens with zero attached hydrogens (tertiary/aromatic N) is 2. The number of nitrogen functional groups attached to an aromatic ring is 1. The third-order valence-corrected chi connectivity index (χ3v) is 4.21. The highest BCUT2D eigenvalue weighted by atomic mass is 79.9. The predicted octanol–water partition coefficient (Wildman–Crippen LogP) is 2.94. The maximum atomic E-state index is 6.00. The Kier molecular flexibility index (Phi) is 3.05. The fraction of sp³-hybridized carbons (Fsp3) is 0.250. The Morgan fingerprint density at radius 3 is 3.06 bits per heavy atom. The molecule has 0 bridgehead atoms. The van der Waals surface area contributed by atoms with Gasteiger partial charge >= 0.3 is 0 Å². The second-order valence-electron chi connectivity index (χ2n) is 4.12. The number of nitrogens with two attached hydrogens (primary N) is 1. The molecular formula is C12H11BrClN3O. The summed E-state index contributed by atoms with van der Waals surface area (Å²) >= 11 is 9.41. The van der Waals surface area contributed by atoms with Crippen molar-refractivity contribution >= 4 is 33.3 Å². The second kappa shape index (κ2) is 4.57. The Morgan fingerprint density at radius 2 is 2.28 bits per heavy atom. The van der Waals surface area contributed by atoms with Crippen LogP contribution >= 0.6 is 27.5 Å². The Bertz CT molecular complexity index is 612. The summed E-state index contributed by atoms with van der Waals surface area (Å²) in [5.74, 6) is 0.538. The molecule has 1 aromatic heterocycles. The molecule has 0 saturated heterocycles. The van der Waals surface area contributed by atoms with Gasteiger partial charge in [-0.25, -0.2) is 4.68 Å². The summed E-state index contributed by atoms with van der Waals surface area (Å²) in [5, 5.41) is 5.06. The lowest BCUT2D eigenvalue weighted by Gasteiger charge is -2.14. The molecule has 0 unspecified atom stereocenters. The van der Waals surface area contributed by atoms with Crippen LogP contribution in [0.1, 0.15) is 11.3 Å². The zero-order valence-corrected chi connectivity index (χ0v) is 11.8. The molecule has 0 aliphatic carbocycles. The molecule has 0 amide bonds. The van der Waals surface area contributed by atoms with E-state index in [4.69, 9.17) is 22.1 Å². The van der Waals surface area contributed by atoms with Crippen LogP contribution in [-0.2, 0) is 17.8 Å². The van der Waals surface area contributed by atoms with E-state index in [2.05, 4.69) is 21.0 Å². The van der Waals surface area contributed by atoms with Crippen molar-refractivity contribution in [2.75, 3.05) is 12.3 Å². The van der Waals surface area contributed by atoms with Crippen molar-refractivity contribution in [2.24, 2.45) is 0 Å². The van der Waals surface area contributed by atoms with Gasteiger partial charge in [-0.1, -0.05) is 11.6 Å². The van der Waals surface area contributed by atoms with Crippen LogP contribution in [0, 0.1) is 0 Å². The average Bonchev–Trinajstić information content (AvgIpc) is 2.71. The van der Waals surface area contributed by atoms with Crippen LogP contribution in [0.2, 0.25) is 5.02 Å². The summed E-state index contributed by atoms with van der Waals surface area (Å²) in [6.07, 6.45) is 0.819. The number of rotatable bonds is 1. The molecule has 0 spiro atoms. The van der Waals surface area contributed by atoms with Crippen molar-refractivity contribution in [3.63, 3.8) is 0 Å². The lowest BCUT2D eigenvalue weighted by atomic mass is 10.1. The molecule has 1 aliphatic heterocycles. The Morgan fingerprint density at radius 1 is 1.44 bits per heavy atom. The standard InChI is InChI=1S/C12H11BrClN3O/c13-9-5-7(1-2-10(9)14)17-11-3-4-18-6-8(11)12(15)16-17/h1-2,5H,3-4,6H2,(H2,15,16). The predicted molar refractivity (Wildman–Crippen MR) is 74.0 cm³/mol. The molecule has 0 saturated carbocycles. The smallest absolute Gasteiger partial charge is 0.151 e. The number of anilines is 1. The van der Waals surface area contributed by atoms with Crippen LogP contribution in [0.4, 0.5) is 5.82 Å². The number of benzene rings is 1. The molecule has 6 heteroatoms. The quantitative estimate of drug-likeness (QED) is 0.875. The summed E-state index contributed by atoms with van der Waals surface area (Å²) in [7, 11) is 0. The molecule has 4 nitrogen and oxygen atoms in total. The first-order valence-corrected chi connectivity index (χ1v) is 6.73. The van der Waals surface area contributed by atoms with Gasteiger partial charge in [0.25, 0.3) is 0 Å². The molecule has 2 heterocycles. The third-order valence-electron chi connectivity index (χ3n) is 3.00. The number of fused-ring (bicyclic) bond motifs is 1. The minimum Gasteiger partial charge on any atom is -0.382 e. The van der Waals surface area contributed by atoms with E-state index in [1.807, 2.05) is 22.9 Å². The molecule has 2 aromatic rings. The first-order valence-electron chi connectivity index (χ1n) is 5.56. The minimum absolute atomic E-state index is 0.538. The van der Waals surface area contributed by atoms with E-state index in [-0.39, 0.29) is 0 Å². The summed E-state index contributed by atoms with van der Waals surface area (Å²) in [5.41, 5.74) is 8.97. The molecule has 0 radical (unpaired) electrons. The number of ether oxygens (including phenoxy) is 1. The molecule has 3 rings (SSSR count). The summed E-state index contributed by atoms with van der Waals surface area (Å²) in [4.78, 5) is 0. The van der Waals surface area contributed by atoms with Crippen LogP contribution in [-0.4, -0.2) is 16.4 Å². The van der Waals surface area contributed by atoms with Crippen LogP contribution in [0.15, 0.2) is 22.7 Å². The number of hydrogen-bond acceptors (Lipinski definition) is 3. The van der Waals surface area contributed by atoms with Gasteiger partial charge in [-0.15, -0.1) is 0 Å². The maximum absolute atomic E-state index is 6.00. The second-order valence-corrected chi connectivity index (χ2v) is 5.38. The van der Waals surface area contributed by atoms with Gasteiger partial charge in [0, 0.05) is 16.5 Å². The highest BCUT2D eigenvalue weighted by Crippen LogP contribution is 2.29. The number of aromatic nitrogens is 2. The highest BCUT2D eigenvalue weighted by molar-refractivity contribution is 9.10. The number of hydrogen-bond donors (Lipinski definition) is 1. The summed E-state index contributed by atoms with van der Waals surface area (Å²) in [6, 6.07) is 5.70. The zero-order chi connectivity index (χ0) is 12.7. The van der Waals surface area contributed by atoms with Gasteiger partial charge in [0.2, 0.25) is 0 Å². The van der Waals surface area contributed by atoms with Gasteiger partial charge in [0.05, 0.1) is 29.6 Å². The summed E-state index contributed by atoms with van der Waals surface area (Å²) < 4.78 is 8.12. The van der Waals surface area contributed by atoms with Gasteiger partial charge in [-0.05, 0) is 34.1 Å². The van der Waals surface area contributed by atoms with Crippen LogP contribution in [0.3, 0.4) is 0 Å². The van der Waals surface area contributed by atoms with Crippen molar-refractivity contribution in [3.05, 3.63) is 39.0 Å². The largest absolute Gasteiger partial charge is 0.382 e. The van der Waals surface area contributed by atoms with Crippen LogP contribution in [0.5, 0.6) is 0 Å². The SMILES string of the molecule is Nc1nn(-c2ccc(Cl)c(Br)c2)c2c1COCC2. The van der Waals surface area contributed by atoms with Gasteiger partial charge in [-0.3, -0.25) is 0 Å². The molecule has 0 atom stereocenters. The van der Waals surface area contributed by atoms with E-state index in [0.29, 0.717) is 24.1 Å². The minimum atomic E-state index is 0.538. The van der Waals surface area contributed by atoms with Gasteiger partial charge in [-0.2, -0.15) is 5.10 Å². The first-order chi connectivity index (χ1) is 8.66. The van der Waals surface area contributed by atoms with Crippen molar-refractivity contribution in [1.29, 1.82) is 0 Å². The van der Waals surface area contributed by atoms with E-state index >= 15 is 0 Å². The van der Waals surface area contributed by atoms with E-state index in [0.717, 1.165) is 27.8 Å². The Hall–Kier alpha value is -1.04. The molecule has 94 valence electrons. The molecular weight excluding hydrogens is 318 g/mol. The van der Waals surface area contributed by atoms with Crippen molar-refractivity contribution in [3.8, 4) is 5.69 Å². The fourth-order valence-electron chi connectivity index (χ4n) is 2.09. The van der Waals surface area contributed by atoms with Crippen molar-refractivity contribution < 1.29 is 4.74 Å². The topological polar surface area (TPSA) is 53.1 Å². The normalized spacial score (nSPS) is 14.6. The van der Waals surface area contributed by atoms with E-state index in [9.17, 15) is 0 Å². The number of halogens is 2. The molecule has 1 aromatic carbocycles. The van der Waals surface area contributed by atoms with Gasteiger partial charge in [0.1, 0.15) is 0 Å². The average molecular weight is 329 g/mol. The summed E-state index contributed by atoms with van der Waals surface area (Å²) in [6.45, 7) is 1.24. The Labute approximate surface area is 118 Å². The molecule has 2 N–H and O–H groups in total. The van der Waals surface area contributed by atoms with E-state index in [1.165, 1.54) is 0 Å². The van der Waals surface area contributed by atoms with Gasteiger partial charge in [0.15, 0.2) is 5.82 Å². The molecule has 1 aliphatic rings. The lowest BCUT2D eigenvalue weighted by molar-refractivity contribution is 0.110. The third kappa shape index (κ3) is 1.92. The molecule has 0 fully saturated rings. The first kappa shape index (κ1) is 12.0. The van der Waals surface area contributed by atoms with Crippen molar-refractivity contribution in [2.45, 2.75) is 13.0 Å². The van der Waals surface area contributed by atoms with Crippen LogP contribution < -0.4 is 5.73 Å². The highest BCUT2D eigenvalue weighted by Gasteiger charge is 2.20. The monoisotopic (exact) mass is 327 g/mol. The zero-order valence-electron chi connectivity index (χ0n) is 9.49. The maximum Gasteiger partial charge on any atom is 0.151 e. The molecule has 18 heavy (non-hydrogen) atoms. The van der Waals surface area contributed by atoms with Crippen LogP contribution in [0.25, 0.3) is 5.69 Å². The van der Waals surface area contributed by atoms with E-state index < -0.39 is 0 Å². The van der Waals surface area contributed by atoms with E-state index in [1.54, 1.807) is 0 Å². The fourth-order valence-corrected chi connectivity index (χ4v) is 2.58. The van der Waals surface area contributed by atoms with Gasteiger partial charge < -0.3 is 10.5 Å². The Balaban J connectivity index is 2.14. The lowest BCUT2D eigenvalue weighted by Crippen LogP contribution is -2.13. The van der Waals surface area contributed by atoms with Crippen molar-refractivity contribution in [1.82, 2.24) is 9.78 Å².